The molecule has 1 heterocycles. The molecule has 3 amide bonds. The summed E-state index contributed by atoms with van der Waals surface area (Å²) in [5.41, 5.74) is -0.462. The minimum Gasteiger partial charge on any atom is -0.356 e. The maximum Gasteiger partial charge on any atom is 0.233 e. The summed E-state index contributed by atoms with van der Waals surface area (Å²) in [6.45, 7) is 13.1. The summed E-state index contributed by atoms with van der Waals surface area (Å²) in [7, 11) is 0. The molecule has 182 valence electrons. The zero-order valence-corrected chi connectivity index (χ0v) is 21.1. The number of rotatable bonds is 9. The highest BCUT2D eigenvalue weighted by Crippen LogP contribution is 2.37. The predicted molar refractivity (Wildman–Crippen MR) is 126 cm³/mol. The van der Waals surface area contributed by atoms with Crippen LogP contribution >= 0.6 is 0 Å². The third kappa shape index (κ3) is 7.41. The molecule has 0 aromatic heterocycles. The molecule has 6 heteroatoms. The molecular weight excluding hydrogens is 404 g/mol. The van der Waals surface area contributed by atoms with E-state index in [2.05, 4.69) is 5.32 Å². The topological polar surface area (TPSA) is 83.6 Å². The van der Waals surface area contributed by atoms with Gasteiger partial charge in [-0.1, -0.05) is 48.0 Å². The van der Waals surface area contributed by atoms with Gasteiger partial charge in [-0.2, -0.15) is 0 Å². The third-order valence-electron chi connectivity index (χ3n) is 7.16. The van der Waals surface area contributed by atoms with Crippen LogP contribution in [0.5, 0.6) is 0 Å². The summed E-state index contributed by atoms with van der Waals surface area (Å²) < 4.78 is 0. The second-order valence-corrected chi connectivity index (χ2v) is 12.0. The predicted octanol–water partition coefficient (Wildman–Crippen LogP) is 4.51. The second-order valence-electron chi connectivity index (χ2n) is 12.0. The molecule has 1 saturated heterocycles. The number of amides is 3. The van der Waals surface area contributed by atoms with Gasteiger partial charge in [-0.15, -0.1) is 0 Å². The van der Waals surface area contributed by atoms with Gasteiger partial charge < -0.3 is 5.32 Å². The van der Waals surface area contributed by atoms with Gasteiger partial charge in [0.1, 0.15) is 5.78 Å². The molecule has 0 aromatic carbocycles. The van der Waals surface area contributed by atoms with Crippen molar-refractivity contribution >= 4 is 23.5 Å². The summed E-state index contributed by atoms with van der Waals surface area (Å²) in [6, 6.07) is 0. The Morgan fingerprint density at radius 3 is 2.09 bits per heavy atom. The number of ketones is 1. The fourth-order valence-corrected chi connectivity index (χ4v) is 4.74. The van der Waals surface area contributed by atoms with Gasteiger partial charge in [-0.05, 0) is 49.9 Å². The number of imide groups is 1. The van der Waals surface area contributed by atoms with Gasteiger partial charge in [0.2, 0.25) is 17.7 Å². The van der Waals surface area contributed by atoms with Crippen LogP contribution in [0.15, 0.2) is 0 Å². The van der Waals surface area contributed by atoms with Gasteiger partial charge in [0, 0.05) is 37.3 Å². The number of carbonyl (C=O) groups is 4. The Bertz CT molecular complexity index is 694. The van der Waals surface area contributed by atoms with Gasteiger partial charge in [-0.25, -0.2) is 0 Å². The van der Waals surface area contributed by atoms with E-state index in [-0.39, 0.29) is 40.4 Å². The molecule has 1 atom stereocenters. The molecule has 2 fully saturated rings. The van der Waals surface area contributed by atoms with Crippen LogP contribution in [-0.4, -0.2) is 41.5 Å². The maximum absolute atomic E-state index is 12.7. The SMILES string of the molecule is CC(C)(C)C(=O)CCCCCNC(=O)C1CCC(CN2C(=O)CC(C(C)(C)C)C2=O)CC1. The van der Waals surface area contributed by atoms with E-state index in [1.807, 2.05) is 41.5 Å². The molecule has 2 rings (SSSR count). The Balaban J connectivity index is 1.64. The Morgan fingerprint density at radius 2 is 1.56 bits per heavy atom. The van der Waals surface area contributed by atoms with Crippen LogP contribution in [0.1, 0.15) is 99.3 Å². The molecule has 0 aromatic rings. The standard InChI is InChI=1S/C26H44N2O4/c1-25(2,3)20-16-22(30)28(24(20)32)17-18-11-13-19(14-12-18)23(31)27-15-9-7-8-10-21(29)26(4,5)6/h18-20H,7-17H2,1-6H3,(H,27,31). The van der Waals surface area contributed by atoms with Gasteiger partial charge >= 0.3 is 0 Å². The minimum atomic E-state index is -0.267. The highest BCUT2D eigenvalue weighted by atomic mass is 16.2. The first-order valence-corrected chi connectivity index (χ1v) is 12.5. The van der Waals surface area contributed by atoms with Crippen molar-refractivity contribution in [2.45, 2.75) is 99.3 Å². The fourth-order valence-electron chi connectivity index (χ4n) is 4.74. The van der Waals surface area contributed by atoms with Gasteiger partial charge in [0.05, 0.1) is 5.92 Å². The van der Waals surface area contributed by atoms with Crippen LogP contribution in [0, 0.1) is 28.6 Å². The van der Waals surface area contributed by atoms with Crippen LogP contribution in [-0.2, 0) is 19.2 Å². The molecule has 2 aliphatic rings. The number of nitrogens with zero attached hydrogens (tertiary/aromatic N) is 1. The molecule has 1 saturated carbocycles. The van der Waals surface area contributed by atoms with Crippen LogP contribution in [0.25, 0.3) is 0 Å². The number of nitrogens with one attached hydrogen (secondary N) is 1. The molecule has 1 unspecified atom stereocenters. The molecule has 1 aliphatic carbocycles. The van der Waals surface area contributed by atoms with E-state index in [0.717, 1.165) is 44.9 Å². The molecule has 0 radical (unpaired) electrons. The quantitative estimate of drug-likeness (QED) is 0.416. The van der Waals surface area contributed by atoms with E-state index in [1.165, 1.54) is 4.90 Å². The second kappa shape index (κ2) is 10.9. The van der Waals surface area contributed by atoms with Crippen molar-refractivity contribution in [2.24, 2.45) is 28.6 Å². The molecule has 0 spiro atoms. The van der Waals surface area contributed by atoms with Gasteiger partial charge in [0.25, 0.3) is 0 Å². The monoisotopic (exact) mass is 448 g/mol. The number of Topliss-reactive ketones (excluding diaryl/α,β-unsaturated/α-hetero) is 1. The fraction of sp³-hybridized carbons (Fsp3) is 0.846. The largest absolute Gasteiger partial charge is 0.356 e. The van der Waals surface area contributed by atoms with Crippen molar-refractivity contribution in [1.29, 1.82) is 0 Å². The summed E-state index contributed by atoms with van der Waals surface area (Å²) in [6.07, 6.45) is 7.04. The lowest BCUT2D eigenvalue weighted by Gasteiger charge is -2.31. The van der Waals surface area contributed by atoms with Gasteiger partial charge in [0.15, 0.2) is 0 Å². The molecule has 32 heavy (non-hydrogen) atoms. The van der Waals surface area contributed by atoms with E-state index in [9.17, 15) is 19.2 Å². The average molecular weight is 449 g/mol. The minimum absolute atomic E-state index is 0.0217. The van der Waals surface area contributed by atoms with Crippen molar-refractivity contribution in [3.63, 3.8) is 0 Å². The Kier molecular flexibility index (Phi) is 9.06. The lowest BCUT2D eigenvalue weighted by Crippen LogP contribution is -2.39. The van der Waals surface area contributed by atoms with E-state index >= 15 is 0 Å². The highest BCUT2D eigenvalue weighted by Gasteiger charge is 2.45. The van der Waals surface area contributed by atoms with E-state index < -0.39 is 0 Å². The number of unbranched alkanes of at least 4 members (excludes halogenated alkanes) is 2. The van der Waals surface area contributed by atoms with Crippen molar-refractivity contribution in [1.82, 2.24) is 10.2 Å². The lowest BCUT2D eigenvalue weighted by atomic mass is 9.79. The van der Waals surface area contributed by atoms with Crippen LogP contribution in [0.4, 0.5) is 0 Å². The summed E-state index contributed by atoms with van der Waals surface area (Å²) in [5, 5.41) is 3.05. The molecule has 0 bridgehead atoms. The van der Waals surface area contributed by atoms with Crippen molar-refractivity contribution in [3.05, 3.63) is 0 Å². The number of hydrogen-bond acceptors (Lipinski definition) is 4. The van der Waals surface area contributed by atoms with E-state index in [1.54, 1.807) is 0 Å². The van der Waals surface area contributed by atoms with Crippen molar-refractivity contribution < 1.29 is 19.2 Å². The molecule has 6 nitrogen and oxygen atoms in total. The average Bonchev–Trinajstić information content (AvgIpc) is 2.98. The summed E-state index contributed by atoms with van der Waals surface area (Å²) in [4.78, 5) is 51.0. The lowest BCUT2D eigenvalue weighted by molar-refractivity contribution is -0.141. The van der Waals surface area contributed by atoms with E-state index in [0.29, 0.717) is 37.6 Å². The first kappa shape index (κ1) is 26.5. The number of carbonyl (C=O) groups excluding carboxylic acids is 4. The van der Waals surface area contributed by atoms with Crippen LogP contribution in [0.2, 0.25) is 0 Å². The third-order valence-corrected chi connectivity index (χ3v) is 7.16. The normalized spacial score (nSPS) is 24.7. The van der Waals surface area contributed by atoms with Crippen molar-refractivity contribution in [3.8, 4) is 0 Å². The maximum atomic E-state index is 12.7. The van der Waals surface area contributed by atoms with E-state index in [4.69, 9.17) is 0 Å². The zero-order valence-electron chi connectivity index (χ0n) is 21.1. The smallest absolute Gasteiger partial charge is 0.233 e. The van der Waals surface area contributed by atoms with Crippen LogP contribution in [0.3, 0.4) is 0 Å². The highest BCUT2D eigenvalue weighted by molar-refractivity contribution is 6.03. The van der Waals surface area contributed by atoms with Gasteiger partial charge in [-0.3, -0.25) is 24.1 Å². The Labute approximate surface area is 194 Å². The van der Waals surface area contributed by atoms with Crippen molar-refractivity contribution in [2.75, 3.05) is 13.1 Å². The van der Waals surface area contributed by atoms with Crippen LogP contribution < -0.4 is 5.32 Å². The Hall–Kier alpha value is -1.72. The summed E-state index contributed by atoms with van der Waals surface area (Å²) in [5.74, 6) is 0.459. The molecule has 1 N–H and O–H groups in total. The Morgan fingerprint density at radius 1 is 0.938 bits per heavy atom. The number of likely N-dealkylation sites (tertiary alicyclic amines) is 1. The first-order valence-electron chi connectivity index (χ1n) is 12.5. The summed E-state index contributed by atoms with van der Waals surface area (Å²) >= 11 is 0. The molecule has 1 aliphatic heterocycles. The first-order chi connectivity index (χ1) is 14.8. The molecular formula is C26H44N2O4. The number of hydrogen-bond donors (Lipinski definition) is 1. The zero-order chi connectivity index (χ0) is 24.1.